The molecule has 1 unspecified atom stereocenters. The standard InChI is InChI=1S/C10H13NO4/c1-6(11-5-10(14)15)7-2-8(12)4-9(13)3-7/h2-4,6,11-13H,5H2,1H3,(H,14,15). The molecule has 5 nitrogen and oxygen atoms in total. The van der Waals surface area contributed by atoms with Crippen molar-refractivity contribution in [2.24, 2.45) is 0 Å². The zero-order chi connectivity index (χ0) is 11.4. The van der Waals surface area contributed by atoms with Gasteiger partial charge in [0.15, 0.2) is 0 Å². The van der Waals surface area contributed by atoms with E-state index in [9.17, 15) is 15.0 Å². The number of rotatable bonds is 4. The number of nitrogens with one attached hydrogen (secondary N) is 1. The van der Waals surface area contributed by atoms with Gasteiger partial charge in [-0.1, -0.05) is 0 Å². The summed E-state index contributed by atoms with van der Waals surface area (Å²) in [5.74, 6) is -1.05. The molecule has 0 saturated carbocycles. The first kappa shape index (κ1) is 11.3. The van der Waals surface area contributed by atoms with Crippen LogP contribution in [0.4, 0.5) is 0 Å². The van der Waals surface area contributed by atoms with Crippen molar-refractivity contribution < 1.29 is 20.1 Å². The van der Waals surface area contributed by atoms with Gasteiger partial charge in [0.2, 0.25) is 0 Å². The van der Waals surface area contributed by atoms with Gasteiger partial charge in [-0.05, 0) is 24.6 Å². The highest BCUT2D eigenvalue weighted by atomic mass is 16.4. The Kier molecular flexibility index (Phi) is 3.51. The molecule has 4 N–H and O–H groups in total. The van der Waals surface area contributed by atoms with Crippen molar-refractivity contribution in [3.05, 3.63) is 23.8 Å². The van der Waals surface area contributed by atoms with Crippen molar-refractivity contribution in [3.63, 3.8) is 0 Å². The molecule has 0 aliphatic carbocycles. The number of benzene rings is 1. The van der Waals surface area contributed by atoms with E-state index < -0.39 is 5.97 Å². The second-order valence-electron chi connectivity index (χ2n) is 3.28. The Morgan fingerprint density at radius 2 is 1.87 bits per heavy atom. The molecule has 0 spiro atoms. The molecule has 0 aromatic heterocycles. The second kappa shape index (κ2) is 4.65. The molecule has 5 heteroatoms. The van der Waals surface area contributed by atoms with Crippen LogP contribution in [0.5, 0.6) is 11.5 Å². The lowest BCUT2D eigenvalue weighted by Crippen LogP contribution is -2.25. The molecule has 1 aromatic carbocycles. The number of aromatic hydroxyl groups is 2. The van der Waals surface area contributed by atoms with Gasteiger partial charge < -0.3 is 20.6 Å². The van der Waals surface area contributed by atoms with Gasteiger partial charge >= 0.3 is 5.97 Å². The molecule has 82 valence electrons. The molecule has 0 aliphatic rings. The Morgan fingerprint density at radius 3 is 2.33 bits per heavy atom. The number of aliphatic carboxylic acids is 1. The Bertz CT molecular complexity index is 344. The Morgan fingerprint density at radius 1 is 1.33 bits per heavy atom. The predicted molar refractivity (Wildman–Crippen MR) is 53.8 cm³/mol. The van der Waals surface area contributed by atoms with Crippen LogP contribution in [0.1, 0.15) is 18.5 Å². The molecule has 1 atom stereocenters. The minimum Gasteiger partial charge on any atom is -0.508 e. The van der Waals surface area contributed by atoms with Crippen LogP contribution in [0, 0.1) is 0 Å². The van der Waals surface area contributed by atoms with Crippen molar-refractivity contribution in [1.82, 2.24) is 5.32 Å². The van der Waals surface area contributed by atoms with Gasteiger partial charge in [0.05, 0.1) is 6.54 Å². The summed E-state index contributed by atoms with van der Waals surface area (Å²) in [5.41, 5.74) is 0.633. The fourth-order valence-electron chi connectivity index (χ4n) is 1.23. The summed E-state index contributed by atoms with van der Waals surface area (Å²) in [7, 11) is 0. The van der Waals surface area contributed by atoms with Crippen molar-refractivity contribution >= 4 is 5.97 Å². The normalized spacial score (nSPS) is 12.3. The van der Waals surface area contributed by atoms with Gasteiger partial charge in [-0.2, -0.15) is 0 Å². The van der Waals surface area contributed by atoms with Crippen molar-refractivity contribution in [1.29, 1.82) is 0 Å². The minimum atomic E-state index is -0.953. The van der Waals surface area contributed by atoms with Crippen LogP contribution in [-0.2, 0) is 4.79 Å². The van der Waals surface area contributed by atoms with Crippen LogP contribution < -0.4 is 5.32 Å². The maximum absolute atomic E-state index is 10.3. The summed E-state index contributed by atoms with van der Waals surface area (Å²) in [6.07, 6.45) is 0. The lowest BCUT2D eigenvalue weighted by atomic mass is 10.1. The van der Waals surface area contributed by atoms with Gasteiger partial charge in [-0.3, -0.25) is 4.79 Å². The van der Waals surface area contributed by atoms with Crippen LogP contribution in [0.2, 0.25) is 0 Å². The number of carboxylic acid groups (broad SMARTS) is 1. The highest BCUT2D eigenvalue weighted by molar-refractivity contribution is 5.69. The Hall–Kier alpha value is -1.75. The third-order valence-corrected chi connectivity index (χ3v) is 1.98. The smallest absolute Gasteiger partial charge is 0.317 e. The molecular weight excluding hydrogens is 198 g/mol. The summed E-state index contributed by atoms with van der Waals surface area (Å²) in [5, 5.41) is 29.6. The van der Waals surface area contributed by atoms with E-state index in [1.807, 2.05) is 0 Å². The molecule has 1 rings (SSSR count). The zero-order valence-electron chi connectivity index (χ0n) is 8.27. The van der Waals surface area contributed by atoms with E-state index in [-0.39, 0.29) is 24.1 Å². The summed E-state index contributed by atoms with van der Waals surface area (Å²) >= 11 is 0. The third-order valence-electron chi connectivity index (χ3n) is 1.98. The van der Waals surface area contributed by atoms with Crippen LogP contribution in [-0.4, -0.2) is 27.8 Å². The molecule has 0 fully saturated rings. The topological polar surface area (TPSA) is 89.8 Å². The van der Waals surface area contributed by atoms with Crippen molar-refractivity contribution in [2.45, 2.75) is 13.0 Å². The van der Waals surface area contributed by atoms with Gasteiger partial charge in [0.25, 0.3) is 0 Å². The molecule has 15 heavy (non-hydrogen) atoms. The first-order valence-electron chi connectivity index (χ1n) is 4.47. The average Bonchev–Trinajstić information content (AvgIpc) is 2.12. The lowest BCUT2D eigenvalue weighted by molar-refractivity contribution is -0.136. The predicted octanol–water partition coefficient (Wildman–Crippen LogP) is 0.833. The lowest BCUT2D eigenvalue weighted by Gasteiger charge is -2.13. The number of hydrogen-bond acceptors (Lipinski definition) is 4. The summed E-state index contributed by atoms with van der Waals surface area (Å²) in [6.45, 7) is 1.58. The van der Waals surface area contributed by atoms with E-state index >= 15 is 0 Å². The molecular formula is C10H13NO4. The Balaban J connectivity index is 2.72. The quantitative estimate of drug-likeness (QED) is 0.592. The van der Waals surface area contributed by atoms with E-state index in [0.29, 0.717) is 5.56 Å². The maximum Gasteiger partial charge on any atom is 0.317 e. The molecule has 0 amide bonds. The van der Waals surface area contributed by atoms with Gasteiger partial charge in [-0.15, -0.1) is 0 Å². The molecule has 0 heterocycles. The largest absolute Gasteiger partial charge is 0.508 e. The fourth-order valence-corrected chi connectivity index (χ4v) is 1.23. The number of phenols is 2. The van der Waals surface area contributed by atoms with Gasteiger partial charge in [0.1, 0.15) is 11.5 Å². The van der Waals surface area contributed by atoms with Crippen molar-refractivity contribution in [3.8, 4) is 11.5 Å². The van der Waals surface area contributed by atoms with Crippen LogP contribution in [0.25, 0.3) is 0 Å². The van der Waals surface area contributed by atoms with E-state index in [1.165, 1.54) is 18.2 Å². The first-order chi connectivity index (χ1) is 6.99. The first-order valence-corrected chi connectivity index (χ1v) is 4.47. The molecule has 0 aliphatic heterocycles. The fraction of sp³-hybridized carbons (Fsp3) is 0.300. The van der Waals surface area contributed by atoms with E-state index in [1.54, 1.807) is 6.92 Å². The summed E-state index contributed by atoms with van der Waals surface area (Å²) in [4.78, 5) is 10.3. The summed E-state index contributed by atoms with van der Waals surface area (Å²) in [6, 6.07) is 3.91. The van der Waals surface area contributed by atoms with E-state index in [2.05, 4.69) is 5.32 Å². The number of hydrogen-bond donors (Lipinski definition) is 4. The maximum atomic E-state index is 10.3. The molecule has 0 radical (unpaired) electrons. The van der Waals surface area contributed by atoms with E-state index in [0.717, 1.165) is 0 Å². The van der Waals surface area contributed by atoms with Gasteiger partial charge in [-0.25, -0.2) is 0 Å². The SMILES string of the molecule is CC(NCC(=O)O)c1cc(O)cc(O)c1. The molecule has 0 saturated heterocycles. The van der Waals surface area contributed by atoms with Crippen LogP contribution in [0.3, 0.4) is 0 Å². The highest BCUT2D eigenvalue weighted by Gasteiger charge is 2.08. The monoisotopic (exact) mass is 211 g/mol. The zero-order valence-corrected chi connectivity index (χ0v) is 8.27. The third kappa shape index (κ3) is 3.47. The summed E-state index contributed by atoms with van der Waals surface area (Å²) < 4.78 is 0. The van der Waals surface area contributed by atoms with Crippen LogP contribution in [0.15, 0.2) is 18.2 Å². The number of carboxylic acids is 1. The highest BCUT2D eigenvalue weighted by Crippen LogP contribution is 2.24. The molecule has 1 aromatic rings. The van der Waals surface area contributed by atoms with Crippen LogP contribution >= 0.6 is 0 Å². The number of phenolic OH excluding ortho intramolecular Hbond substituents is 2. The van der Waals surface area contributed by atoms with E-state index in [4.69, 9.17) is 5.11 Å². The average molecular weight is 211 g/mol. The van der Waals surface area contributed by atoms with Gasteiger partial charge in [0, 0.05) is 12.1 Å². The van der Waals surface area contributed by atoms with Crippen molar-refractivity contribution in [2.75, 3.05) is 6.54 Å². The second-order valence-corrected chi connectivity index (χ2v) is 3.28. The Labute approximate surface area is 87.0 Å². The number of carbonyl (C=O) groups is 1. The minimum absolute atomic E-state index is 0.0472. The molecule has 0 bridgehead atoms.